The zero-order valence-corrected chi connectivity index (χ0v) is 12.9. The minimum absolute atomic E-state index is 0.000116. The molecule has 2 fully saturated rings. The van der Waals surface area contributed by atoms with Gasteiger partial charge in [0.15, 0.2) is 0 Å². The van der Waals surface area contributed by atoms with Crippen molar-refractivity contribution in [3.8, 4) is 0 Å². The summed E-state index contributed by atoms with van der Waals surface area (Å²) in [5.41, 5.74) is 5.82. The SMILES string of the molecule is CCC(N)(CC)CN1C(=O)CC2(CCCCC2)CC1=O. The van der Waals surface area contributed by atoms with Gasteiger partial charge < -0.3 is 5.73 Å². The molecule has 0 bridgehead atoms. The van der Waals surface area contributed by atoms with Crippen molar-refractivity contribution < 1.29 is 9.59 Å². The number of carbonyl (C=O) groups excluding carboxylic acids is 2. The molecule has 0 aromatic carbocycles. The van der Waals surface area contributed by atoms with Crippen molar-refractivity contribution in [3.05, 3.63) is 0 Å². The molecule has 1 saturated heterocycles. The third-order valence-electron chi connectivity index (χ3n) is 5.45. The Bertz CT molecular complexity index is 362. The Morgan fingerprint density at radius 2 is 1.55 bits per heavy atom. The third-order valence-corrected chi connectivity index (χ3v) is 5.45. The normalized spacial score (nSPS) is 23.4. The summed E-state index contributed by atoms with van der Waals surface area (Å²) in [7, 11) is 0. The molecule has 1 saturated carbocycles. The van der Waals surface area contributed by atoms with Crippen molar-refractivity contribution in [2.24, 2.45) is 11.1 Å². The summed E-state index contributed by atoms with van der Waals surface area (Å²) in [5, 5.41) is 0. The summed E-state index contributed by atoms with van der Waals surface area (Å²) in [6.07, 6.45) is 8.28. The zero-order valence-electron chi connectivity index (χ0n) is 12.9. The number of piperidine rings is 1. The van der Waals surface area contributed by atoms with Crippen LogP contribution in [0, 0.1) is 5.41 Å². The lowest BCUT2D eigenvalue weighted by molar-refractivity contribution is -0.155. The van der Waals surface area contributed by atoms with Crippen LogP contribution >= 0.6 is 0 Å². The fourth-order valence-electron chi connectivity index (χ4n) is 3.65. The van der Waals surface area contributed by atoms with Gasteiger partial charge in [0.25, 0.3) is 0 Å². The molecule has 2 amide bonds. The average molecular weight is 280 g/mol. The monoisotopic (exact) mass is 280 g/mol. The smallest absolute Gasteiger partial charge is 0.229 e. The maximum Gasteiger partial charge on any atom is 0.229 e. The Kier molecular flexibility index (Phi) is 4.52. The number of hydrogen-bond donors (Lipinski definition) is 1. The molecule has 0 unspecified atom stereocenters. The summed E-state index contributed by atoms with van der Waals surface area (Å²) in [4.78, 5) is 26.3. The van der Waals surface area contributed by atoms with Crippen LogP contribution < -0.4 is 5.73 Å². The first-order valence-corrected chi connectivity index (χ1v) is 8.06. The molecule has 2 N–H and O–H groups in total. The van der Waals surface area contributed by atoms with Crippen molar-refractivity contribution in [3.63, 3.8) is 0 Å². The highest BCUT2D eigenvalue weighted by molar-refractivity contribution is 5.98. The van der Waals surface area contributed by atoms with E-state index in [0.717, 1.165) is 38.5 Å². The molecule has 114 valence electrons. The molecule has 2 rings (SSSR count). The van der Waals surface area contributed by atoms with Crippen molar-refractivity contribution >= 4 is 11.8 Å². The maximum atomic E-state index is 12.4. The van der Waals surface area contributed by atoms with Crippen molar-refractivity contribution in [1.29, 1.82) is 0 Å². The van der Waals surface area contributed by atoms with Gasteiger partial charge in [-0.05, 0) is 31.1 Å². The van der Waals surface area contributed by atoms with E-state index in [-0.39, 0.29) is 17.2 Å². The fraction of sp³-hybridized carbons (Fsp3) is 0.875. The highest BCUT2D eigenvalue weighted by Gasteiger charge is 2.45. The van der Waals surface area contributed by atoms with Gasteiger partial charge in [-0.1, -0.05) is 33.1 Å². The number of nitrogens with zero attached hydrogens (tertiary/aromatic N) is 1. The lowest BCUT2D eigenvalue weighted by atomic mass is 9.67. The maximum absolute atomic E-state index is 12.4. The third kappa shape index (κ3) is 3.05. The predicted octanol–water partition coefficient (Wildman–Crippen LogP) is 2.60. The van der Waals surface area contributed by atoms with E-state index in [1.165, 1.54) is 11.3 Å². The molecular formula is C16H28N2O2. The van der Waals surface area contributed by atoms with Gasteiger partial charge in [0, 0.05) is 24.9 Å². The Morgan fingerprint density at radius 1 is 1.05 bits per heavy atom. The molecule has 1 aliphatic heterocycles. The molecule has 4 heteroatoms. The van der Waals surface area contributed by atoms with Crippen molar-refractivity contribution in [2.45, 2.75) is 77.2 Å². The Hall–Kier alpha value is -0.900. The summed E-state index contributed by atoms with van der Waals surface area (Å²) in [6, 6.07) is 0. The molecule has 2 aliphatic rings. The van der Waals surface area contributed by atoms with E-state index in [4.69, 9.17) is 5.73 Å². The van der Waals surface area contributed by atoms with Gasteiger partial charge in [0.2, 0.25) is 11.8 Å². The van der Waals surface area contributed by atoms with Gasteiger partial charge in [-0.3, -0.25) is 14.5 Å². The number of nitrogens with two attached hydrogens (primary N) is 1. The van der Waals surface area contributed by atoms with Gasteiger partial charge in [0.1, 0.15) is 0 Å². The van der Waals surface area contributed by atoms with Gasteiger partial charge in [-0.25, -0.2) is 0 Å². The molecule has 4 nitrogen and oxygen atoms in total. The van der Waals surface area contributed by atoms with E-state index >= 15 is 0 Å². The second-order valence-electron chi connectivity index (χ2n) is 6.86. The van der Waals surface area contributed by atoms with Crippen LogP contribution in [0.1, 0.15) is 71.6 Å². The van der Waals surface area contributed by atoms with E-state index in [1.807, 2.05) is 13.8 Å². The van der Waals surface area contributed by atoms with Crippen LogP contribution in [0.5, 0.6) is 0 Å². The number of hydrogen-bond acceptors (Lipinski definition) is 3. The number of amides is 2. The first-order chi connectivity index (χ1) is 9.44. The van der Waals surface area contributed by atoms with Gasteiger partial charge in [0.05, 0.1) is 0 Å². The molecule has 1 heterocycles. The summed E-state index contributed by atoms with van der Waals surface area (Å²) < 4.78 is 0. The van der Waals surface area contributed by atoms with Crippen LogP contribution in [0.25, 0.3) is 0 Å². The van der Waals surface area contributed by atoms with Crippen LogP contribution in [-0.2, 0) is 9.59 Å². The first kappa shape index (κ1) is 15.5. The summed E-state index contributed by atoms with van der Waals surface area (Å²) >= 11 is 0. The summed E-state index contributed by atoms with van der Waals surface area (Å²) in [5.74, 6) is -0.000231. The second kappa shape index (κ2) is 5.84. The fourth-order valence-corrected chi connectivity index (χ4v) is 3.65. The Balaban J connectivity index is 2.07. The number of carbonyl (C=O) groups is 2. The van der Waals surface area contributed by atoms with Crippen LogP contribution in [0.15, 0.2) is 0 Å². The molecule has 20 heavy (non-hydrogen) atoms. The quantitative estimate of drug-likeness (QED) is 0.805. The van der Waals surface area contributed by atoms with Crippen LogP contribution in [0.3, 0.4) is 0 Å². The Labute approximate surface area is 122 Å². The minimum Gasteiger partial charge on any atom is -0.324 e. The number of likely N-dealkylation sites (tertiary alicyclic amines) is 1. The van der Waals surface area contributed by atoms with Gasteiger partial charge in [-0.15, -0.1) is 0 Å². The average Bonchev–Trinajstić information content (AvgIpc) is 2.43. The zero-order chi connectivity index (χ0) is 14.8. The largest absolute Gasteiger partial charge is 0.324 e. The molecule has 1 aliphatic carbocycles. The Morgan fingerprint density at radius 3 is 2.00 bits per heavy atom. The lowest BCUT2D eigenvalue weighted by Crippen LogP contribution is -2.56. The molecule has 0 radical (unpaired) electrons. The number of rotatable bonds is 4. The lowest BCUT2D eigenvalue weighted by Gasteiger charge is -2.44. The van der Waals surface area contributed by atoms with E-state index in [1.54, 1.807) is 0 Å². The standard InChI is InChI=1S/C16H28N2O2/c1-3-16(17,4-2)12-18-13(19)10-15(11-14(18)20)8-6-5-7-9-15/h3-12,17H2,1-2H3. The van der Waals surface area contributed by atoms with E-state index < -0.39 is 5.54 Å². The summed E-state index contributed by atoms with van der Waals surface area (Å²) in [6.45, 7) is 4.42. The van der Waals surface area contributed by atoms with Crippen molar-refractivity contribution in [1.82, 2.24) is 4.90 Å². The van der Waals surface area contributed by atoms with E-state index in [0.29, 0.717) is 19.4 Å². The highest BCUT2D eigenvalue weighted by Crippen LogP contribution is 2.45. The second-order valence-corrected chi connectivity index (χ2v) is 6.86. The number of imide groups is 1. The van der Waals surface area contributed by atoms with Crippen molar-refractivity contribution in [2.75, 3.05) is 6.54 Å². The highest BCUT2D eigenvalue weighted by atomic mass is 16.2. The van der Waals surface area contributed by atoms with Gasteiger partial charge >= 0.3 is 0 Å². The van der Waals surface area contributed by atoms with Crippen LogP contribution in [-0.4, -0.2) is 28.8 Å². The first-order valence-electron chi connectivity index (χ1n) is 8.06. The van der Waals surface area contributed by atoms with Gasteiger partial charge in [-0.2, -0.15) is 0 Å². The molecule has 0 aromatic rings. The molecule has 0 aromatic heterocycles. The molecule has 1 spiro atoms. The van der Waals surface area contributed by atoms with E-state index in [2.05, 4.69) is 0 Å². The topological polar surface area (TPSA) is 63.4 Å². The molecular weight excluding hydrogens is 252 g/mol. The predicted molar refractivity (Wildman–Crippen MR) is 79.0 cm³/mol. The van der Waals surface area contributed by atoms with Crippen LogP contribution in [0.2, 0.25) is 0 Å². The van der Waals surface area contributed by atoms with E-state index in [9.17, 15) is 9.59 Å². The van der Waals surface area contributed by atoms with Crippen LogP contribution in [0.4, 0.5) is 0 Å². The molecule has 0 atom stereocenters. The minimum atomic E-state index is -0.428.